The summed E-state index contributed by atoms with van der Waals surface area (Å²) in [7, 11) is 1.64. The highest BCUT2D eigenvalue weighted by molar-refractivity contribution is 5.36. The second-order valence-corrected chi connectivity index (χ2v) is 3.92. The topological polar surface area (TPSA) is 65.1 Å². The number of benzene rings is 1. The van der Waals surface area contributed by atoms with Crippen molar-refractivity contribution in [2.24, 2.45) is 5.84 Å². The van der Waals surface area contributed by atoms with Crippen LogP contribution < -0.4 is 16.0 Å². The van der Waals surface area contributed by atoms with Crippen LogP contribution in [0.3, 0.4) is 0 Å². The van der Waals surface area contributed by atoms with E-state index in [1.807, 2.05) is 41.9 Å². The maximum absolute atomic E-state index is 5.70. The summed E-state index contributed by atoms with van der Waals surface area (Å²) in [6.45, 7) is 2.80. The molecule has 1 heterocycles. The molecule has 96 valence electrons. The standard InChI is InChI=1S/C13H18N4O/c1-3-17-13(11(18-2)9-15-17)12(16-14)10-7-5-4-6-8-10/h4-9,12,16H,3,14H2,1-2H3. The molecule has 1 atom stereocenters. The van der Waals surface area contributed by atoms with Crippen LogP contribution in [0, 0.1) is 0 Å². The van der Waals surface area contributed by atoms with Crippen molar-refractivity contribution in [2.45, 2.75) is 19.5 Å². The normalized spacial score (nSPS) is 12.4. The Morgan fingerprint density at radius 2 is 2.11 bits per heavy atom. The molecule has 0 amide bonds. The molecule has 0 fully saturated rings. The molecule has 0 bridgehead atoms. The fraction of sp³-hybridized carbons (Fsp3) is 0.308. The molecule has 2 aromatic rings. The lowest BCUT2D eigenvalue weighted by Gasteiger charge is -2.18. The van der Waals surface area contributed by atoms with Gasteiger partial charge in [0, 0.05) is 6.54 Å². The summed E-state index contributed by atoms with van der Waals surface area (Å²) in [6, 6.07) is 9.86. The Morgan fingerprint density at radius 3 is 2.67 bits per heavy atom. The number of methoxy groups -OCH3 is 1. The highest BCUT2D eigenvalue weighted by atomic mass is 16.5. The Bertz CT molecular complexity index is 473. The van der Waals surface area contributed by atoms with Crippen LogP contribution in [-0.4, -0.2) is 16.9 Å². The summed E-state index contributed by atoms with van der Waals surface area (Å²) in [5.74, 6) is 6.44. The van der Waals surface area contributed by atoms with Crippen LogP contribution in [-0.2, 0) is 6.54 Å². The summed E-state index contributed by atoms with van der Waals surface area (Å²) in [5.41, 5.74) is 4.85. The summed E-state index contributed by atoms with van der Waals surface area (Å²) in [4.78, 5) is 0. The second-order valence-electron chi connectivity index (χ2n) is 3.92. The van der Waals surface area contributed by atoms with Gasteiger partial charge in [-0.3, -0.25) is 10.5 Å². The number of nitrogens with zero attached hydrogens (tertiary/aromatic N) is 2. The van der Waals surface area contributed by atoms with Gasteiger partial charge in [0.15, 0.2) is 5.75 Å². The van der Waals surface area contributed by atoms with Gasteiger partial charge in [0.05, 0.1) is 19.3 Å². The molecular formula is C13H18N4O. The minimum absolute atomic E-state index is 0.136. The SMILES string of the molecule is CCn1ncc(OC)c1C(NN)c1ccccc1. The van der Waals surface area contributed by atoms with Gasteiger partial charge >= 0.3 is 0 Å². The Kier molecular flexibility index (Phi) is 3.96. The smallest absolute Gasteiger partial charge is 0.161 e. The van der Waals surface area contributed by atoms with E-state index < -0.39 is 0 Å². The van der Waals surface area contributed by atoms with Crippen molar-refractivity contribution in [3.05, 3.63) is 47.8 Å². The molecule has 0 aliphatic heterocycles. The van der Waals surface area contributed by atoms with Crippen LogP contribution in [0.15, 0.2) is 36.5 Å². The van der Waals surface area contributed by atoms with Gasteiger partial charge in [0.25, 0.3) is 0 Å². The second kappa shape index (κ2) is 5.66. The zero-order valence-corrected chi connectivity index (χ0v) is 10.6. The van der Waals surface area contributed by atoms with E-state index >= 15 is 0 Å². The number of ether oxygens (including phenoxy) is 1. The van der Waals surface area contributed by atoms with E-state index in [1.165, 1.54) is 0 Å². The average molecular weight is 246 g/mol. The van der Waals surface area contributed by atoms with Crippen molar-refractivity contribution in [1.82, 2.24) is 15.2 Å². The number of hydrogen-bond acceptors (Lipinski definition) is 4. The summed E-state index contributed by atoms with van der Waals surface area (Å²) in [6.07, 6.45) is 1.71. The predicted molar refractivity (Wildman–Crippen MR) is 70.1 cm³/mol. The highest BCUT2D eigenvalue weighted by Gasteiger charge is 2.21. The maximum atomic E-state index is 5.70. The number of rotatable bonds is 5. The molecular weight excluding hydrogens is 228 g/mol. The van der Waals surface area contributed by atoms with Crippen LogP contribution in [0.25, 0.3) is 0 Å². The van der Waals surface area contributed by atoms with Gasteiger partial charge in [-0.25, -0.2) is 5.43 Å². The van der Waals surface area contributed by atoms with Gasteiger partial charge in [-0.05, 0) is 12.5 Å². The van der Waals surface area contributed by atoms with Crippen LogP contribution in [0.5, 0.6) is 5.75 Å². The Balaban J connectivity index is 2.47. The molecule has 1 aromatic heterocycles. The summed E-state index contributed by atoms with van der Waals surface area (Å²) >= 11 is 0. The van der Waals surface area contributed by atoms with Crippen molar-refractivity contribution in [3.8, 4) is 5.75 Å². The zero-order valence-electron chi connectivity index (χ0n) is 10.6. The summed E-state index contributed by atoms with van der Waals surface area (Å²) in [5, 5.41) is 4.30. The highest BCUT2D eigenvalue weighted by Crippen LogP contribution is 2.29. The maximum Gasteiger partial charge on any atom is 0.161 e. The van der Waals surface area contributed by atoms with Crippen molar-refractivity contribution in [1.29, 1.82) is 0 Å². The number of hydrazine groups is 1. The van der Waals surface area contributed by atoms with E-state index in [1.54, 1.807) is 13.3 Å². The first-order chi connectivity index (χ1) is 8.81. The minimum atomic E-state index is -0.136. The van der Waals surface area contributed by atoms with Gasteiger partial charge < -0.3 is 4.74 Å². The number of aromatic nitrogens is 2. The first kappa shape index (κ1) is 12.6. The van der Waals surface area contributed by atoms with Crippen molar-refractivity contribution in [2.75, 3.05) is 7.11 Å². The van der Waals surface area contributed by atoms with E-state index in [-0.39, 0.29) is 6.04 Å². The van der Waals surface area contributed by atoms with Crippen LogP contribution in [0.2, 0.25) is 0 Å². The fourth-order valence-corrected chi connectivity index (χ4v) is 2.06. The molecule has 0 saturated heterocycles. The van der Waals surface area contributed by atoms with Gasteiger partial charge in [-0.15, -0.1) is 0 Å². The van der Waals surface area contributed by atoms with Crippen LogP contribution >= 0.6 is 0 Å². The number of nitrogens with one attached hydrogen (secondary N) is 1. The quantitative estimate of drug-likeness (QED) is 0.619. The molecule has 5 heteroatoms. The van der Waals surface area contributed by atoms with Gasteiger partial charge in [-0.2, -0.15) is 5.10 Å². The first-order valence-electron chi connectivity index (χ1n) is 5.92. The molecule has 1 unspecified atom stereocenters. The number of hydrogen-bond donors (Lipinski definition) is 2. The van der Waals surface area contributed by atoms with E-state index in [2.05, 4.69) is 10.5 Å². The molecule has 1 aromatic carbocycles. The minimum Gasteiger partial charge on any atom is -0.493 e. The third-order valence-corrected chi connectivity index (χ3v) is 2.94. The van der Waals surface area contributed by atoms with Crippen LogP contribution in [0.1, 0.15) is 24.2 Å². The molecule has 0 spiro atoms. The van der Waals surface area contributed by atoms with Gasteiger partial charge in [-0.1, -0.05) is 30.3 Å². The lowest BCUT2D eigenvalue weighted by atomic mass is 10.0. The first-order valence-corrected chi connectivity index (χ1v) is 5.92. The monoisotopic (exact) mass is 246 g/mol. The molecule has 2 rings (SSSR count). The van der Waals surface area contributed by atoms with E-state index in [4.69, 9.17) is 10.6 Å². The molecule has 0 saturated carbocycles. The lowest BCUT2D eigenvalue weighted by molar-refractivity contribution is 0.399. The number of aryl methyl sites for hydroxylation is 1. The van der Waals surface area contributed by atoms with Crippen molar-refractivity contribution in [3.63, 3.8) is 0 Å². The molecule has 3 N–H and O–H groups in total. The van der Waals surface area contributed by atoms with Gasteiger partial charge in [0.1, 0.15) is 5.69 Å². The summed E-state index contributed by atoms with van der Waals surface area (Å²) < 4.78 is 7.24. The van der Waals surface area contributed by atoms with E-state index in [0.717, 1.165) is 23.6 Å². The van der Waals surface area contributed by atoms with E-state index in [0.29, 0.717) is 0 Å². The lowest BCUT2D eigenvalue weighted by Crippen LogP contribution is -2.31. The molecule has 5 nitrogen and oxygen atoms in total. The zero-order chi connectivity index (χ0) is 13.0. The van der Waals surface area contributed by atoms with Gasteiger partial charge in [0.2, 0.25) is 0 Å². The Labute approximate surface area is 107 Å². The van der Waals surface area contributed by atoms with Crippen molar-refractivity contribution < 1.29 is 4.74 Å². The fourth-order valence-electron chi connectivity index (χ4n) is 2.06. The third kappa shape index (κ3) is 2.23. The molecule has 0 radical (unpaired) electrons. The molecule has 0 aliphatic carbocycles. The molecule has 0 aliphatic rings. The van der Waals surface area contributed by atoms with Crippen LogP contribution in [0.4, 0.5) is 0 Å². The largest absolute Gasteiger partial charge is 0.493 e. The Morgan fingerprint density at radius 1 is 1.39 bits per heavy atom. The predicted octanol–water partition coefficient (Wildman–Crippen LogP) is 1.46. The third-order valence-electron chi connectivity index (χ3n) is 2.94. The van der Waals surface area contributed by atoms with Crippen molar-refractivity contribution >= 4 is 0 Å². The molecule has 18 heavy (non-hydrogen) atoms. The Hall–Kier alpha value is -1.85. The van der Waals surface area contributed by atoms with E-state index in [9.17, 15) is 0 Å². The average Bonchev–Trinajstić information content (AvgIpc) is 2.84. The number of nitrogens with two attached hydrogens (primary N) is 1.